The van der Waals surface area contributed by atoms with Crippen LogP contribution in [-0.4, -0.2) is 5.11 Å². The second-order valence-corrected chi connectivity index (χ2v) is 2.98. The molecule has 0 aromatic heterocycles. The summed E-state index contributed by atoms with van der Waals surface area (Å²) >= 11 is 3.31. The smallest absolute Gasteiger partial charge is 0.115 e. The van der Waals surface area contributed by atoms with Gasteiger partial charge in [0.05, 0.1) is 12.5 Å². The quantitative estimate of drug-likeness (QED) is 0.786. The number of aromatic hydroxyl groups is 1. The number of alkyl halides is 1. The molecule has 3 heteroatoms. The van der Waals surface area contributed by atoms with Gasteiger partial charge in [-0.3, -0.25) is 0 Å². The molecule has 0 saturated heterocycles. The van der Waals surface area contributed by atoms with Gasteiger partial charge in [-0.05, 0) is 23.3 Å². The maximum atomic E-state index is 9.13. The van der Waals surface area contributed by atoms with Gasteiger partial charge in [0.25, 0.3) is 0 Å². The fraction of sp³-hybridized carbons (Fsp3) is 0.222. The maximum Gasteiger partial charge on any atom is 0.115 e. The van der Waals surface area contributed by atoms with Crippen molar-refractivity contribution in [3.8, 4) is 11.8 Å². The number of hydrogen-bond donors (Lipinski definition) is 1. The highest BCUT2D eigenvalue weighted by Crippen LogP contribution is 2.19. The van der Waals surface area contributed by atoms with E-state index < -0.39 is 0 Å². The molecule has 1 aromatic carbocycles. The van der Waals surface area contributed by atoms with Crippen LogP contribution in [0.5, 0.6) is 5.75 Å². The predicted molar refractivity (Wildman–Crippen MR) is 50.1 cm³/mol. The normalized spacial score (nSPS) is 9.33. The van der Waals surface area contributed by atoms with E-state index in [0.29, 0.717) is 11.8 Å². The van der Waals surface area contributed by atoms with Gasteiger partial charge in [0.2, 0.25) is 0 Å². The van der Waals surface area contributed by atoms with Gasteiger partial charge >= 0.3 is 0 Å². The highest BCUT2D eigenvalue weighted by molar-refractivity contribution is 9.08. The molecule has 0 atom stereocenters. The van der Waals surface area contributed by atoms with Crippen molar-refractivity contribution in [2.24, 2.45) is 0 Å². The molecule has 1 N–H and O–H groups in total. The average Bonchev–Trinajstić information content (AvgIpc) is 2.05. The van der Waals surface area contributed by atoms with Crippen LogP contribution in [0.15, 0.2) is 18.2 Å². The Morgan fingerprint density at radius 2 is 2.17 bits per heavy atom. The lowest BCUT2D eigenvalue weighted by Crippen LogP contribution is -1.89. The minimum absolute atomic E-state index is 0.213. The van der Waals surface area contributed by atoms with Crippen molar-refractivity contribution in [2.75, 3.05) is 0 Å². The van der Waals surface area contributed by atoms with E-state index in [-0.39, 0.29) is 5.75 Å². The minimum Gasteiger partial charge on any atom is -0.508 e. The van der Waals surface area contributed by atoms with Gasteiger partial charge in [-0.25, -0.2) is 0 Å². The van der Waals surface area contributed by atoms with E-state index in [0.717, 1.165) is 11.1 Å². The Bertz CT molecular complexity index is 317. The lowest BCUT2D eigenvalue weighted by molar-refractivity contribution is 0.474. The fourth-order valence-corrected chi connectivity index (χ4v) is 1.54. The summed E-state index contributed by atoms with van der Waals surface area (Å²) in [7, 11) is 0. The van der Waals surface area contributed by atoms with E-state index in [1.54, 1.807) is 12.1 Å². The molecule has 62 valence electrons. The number of nitriles is 1. The zero-order chi connectivity index (χ0) is 8.97. The molecule has 0 bridgehead atoms. The highest BCUT2D eigenvalue weighted by Gasteiger charge is 2.01. The van der Waals surface area contributed by atoms with Crippen LogP contribution >= 0.6 is 15.9 Å². The highest BCUT2D eigenvalue weighted by atomic mass is 79.9. The molecule has 0 heterocycles. The molecule has 0 unspecified atom stereocenters. The molecule has 2 nitrogen and oxygen atoms in total. The summed E-state index contributed by atoms with van der Waals surface area (Å²) in [6.07, 6.45) is 0.343. The summed E-state index contributed by atoms with van der Waals surface area (Å²) in [4.78, 5) is 0. The number of phenolic OH excluding ortho intramolecular Hbond substituents is 1. The van der Waals surface area contributed by atoms with E-state index >= 15 is 0 Å². The largest absolute Gasteiger partial charge is 0.508 e. The molecule has 0 saturated carbocycles. The van der Waals surface area contributed by atoms with E-state index in [1.165, 1.54) is 0 Å². The fourth-order valence-electron chi connectivity index (χ4n) is 0.992. The number of nitrogens with zero attached hydrogens (tertiary/aromatic N) is 1. The van der Waals surface area contributed by atoms with Crippen LogP contribution in [0.3, 0.4) is 0 Å². The Hall–Kier alpha value is -1.01. The van der Waals surface area contributed by atoms with Crippen molar-refractivity contribution in [1.29, 1.82) is 5.26 Å². The molecular formula is C9H8BrNO. The number of benzene rings is 1. The molecule has 0 fully saturated rings. The Morgan fingerprint density at radius 1 is 1.42 bits per heavy atom. The number of rotatable bonds is 2. The van der Waals surface area contributed by atoms with Crippen molar-refractivity contribution >= 4 is 15.9 Å². The van der Waals surface area contributed by atoms with Crippen LogP contribution in [0.4, 0.5) is 0 Å². The van der Waals surface area contributed by atoms with Crippen LogP contribution in [0.1, 0.15) is 11.1 Å². The zero-order valence-electron chi connectivity index (χ0n) is 6.42. The Morgan fingerprint density at radius 3 is 2.75 bits per heavy atom. The molecule has 0 aliphatic heterocycles. The molecular weight excluding hydrogens is 218 g/mol. The SMILES string of the molecule is N#CCc1cc(O)ccc1CBr. The number of halogens is 1. The first kappa shape index (κ1) is 9.08. The van der Waals surface area contributed by atoms with Gasteiger partial charge in [-0.2, -0.15) is 5.26 Å². The second kappa shape index (κ2) is 4.13. The maximum absolute atomic E-state index is 9.13. The van der Waals surface area contributed by atoms with Gasteiger partial charge < -0.3 is 5.11 Å². The zero-order valence-corrected chi connectivity index (χ0v) is 8.00. The van der Waals surface area contributed by atoms with Crippen LogP contribution in [0.2, 0.25) is 0 Å². The summed E-state index contributed by atoms with van der Waals surface area (Å²) in [6.45, 7) is 0. The van der Waals surface area contributed by atoms with Crippen LogP contribution in [0.25, 0.3) is 0 Å². The standard InChI is InChI=1S/C9H8BrNO/c10-6-8-1-2-9(12)5-7(8)3-4-11/h1-2,5,12H,3,6H2. The molecule has 0 radical (unpaired) electrons. The topological polar surface area (TPSA) is 44.0 Å². The Kier molecular flexibility index (Phi) is 3.12. The van der Waals surface area contributed by atoms with E-state index in [1.807, 2.05) is 6.07 Å². The summed E-state index contributed by atoms with van der Waals surface area (Å²) < 4.78 is 0. The van der Waals surface area contributed by atoms with Crippen molar-refractivity contribution in [2.45, 2.75) is 11.8 Å². The van der Waals surface area contributed by atoms with Crippen LogP contribution < -0.4 is 0 Å². The van der Waals surface area contributed by atoms with Crippen LogP contribution in [0, 0.1) is 11.3 Å². The molecule has 1 aromatic rings. The van der Waals surface area contributed by atoms with Gasteiger partial charge in [0.15, 0.2) is 0 Å². The van der Waals surface area contributed by atoms with E-state index in [2.05, 4.69) is 22.0 Å². The van der Waals surface area contributed by atoms with Gasteiger partial charge in [-0.15, -0.1) is 0 Å². The van der Waals surface area contributed by atoms with Crippen molar-refractivity contribution in [3.63, 3.8) is 0 Å². The number of phenols is 1. The first-order chi connectivity index (χ1) is 5.77. The van der Waals surface area contributed by atoms with Crippen molar-refractivity contribution in [3.05, 3.63) is 29.3 Å². The Labute approximate surface area is 79.6 Å². The van der Waals surface area contributed by atoms with Crippen molar-refractivity contribution < 1.29 is 5.11 Å². The third-order valence-electron chi connectivity index (χ3n) is 1.60. The molecule has 0 spiro atoms. The number of hydrogen-bond acceptors (Lipinski definition) is 2. The van der Waals surface area contributed by atoms with E-state index in [9.17, 15) is 0 Å². The van der Waals surface area contributed by atoms with E-state index in [4.69, 9.17) is 10.4 Å². The summed E-state index contributed by atoms with van der Waals surface area (Å²) in [5, 5.41) is 18.3. The van der Waals surface area contributed by atoms with Gasteiger partial charge in [0.1, 0.15) is 5.75 Å². The Balaban J connectivity index is 3.05. The first-order valence-electron chi connectivity index (χ1n) is 3.51. The monoisotopic (exact) mass is 225 g/mol. The molecule has 0 amide bonds. The second-order valence-electron chi connectivity index (χ2n) is 2.42. The molecule has 1 rings (SSSR count). The van der Waals surface area contributed by atoms with Crippen molar-refractivity contribution in [1.82, 2.24) is 0 Å². The average molecular weight is 226 g/mol. The summed E-state index contributed by atoms with van der Waals surface area (Å²) in [5.74, 6) is 0.213. The third kappa shape index (κ3) is 1.99. The lowest BCUT2D eigenvalue weighted by Gasteiger charge is -2.02. The summed E-state index contributed by atoms with van der Waals surface area (Å²) in [5.41, 5.74) is 1.93. The summed E-state index contributed by atoms with van der Waals surface area (Å²) in [6, 6.07) is 7.12. The van der Waals surface area contributed by atoms with Crippen LogP contribution in [-0.2, 0) is 11.8 Å². The van der Waals surface area contributed by atoms with Gasteiger partial charge in [0, 0.05) is 5.33 Å². The molecule has 0 aliphatic carbocycles. The lowest BCUT2D eigenvalue weighted by atomic mass is 10.1. The van der Waals surface area contributed by atoms with Gasteiger partial charge in [-0.1, -0.05) is 22.0 Å². The minimum atomic E-state index is 0.213. The molecule has 12 heavy (non-hydrogen) atoms. The predicted octanol–water partition coefficient (Wildman–Crippen LogP) is 2.35. The molecule has 0 aliphatic rings. The third-order valence-corrected chi connectivity index (χ3v) is 2.21. The first-order valence-corrected chi connectivity index (χ1v) is 4.63.